The lowest BCUT2D eigenvalue weighted by Crippen LogP contribution is -2.24. The van der Waals surface area contributed by atoms with Crippen LogP contribution in [0.4, 0.5) is 5.95 Å². The van der Waals surface area contributed by atoms with Gasteiger partial charge in [-0.2, -0.15) is 5.26 Å². The number of nitrogens with zero attached hydrogens (tertiary/aromatic N) is 4. The van der Waals surface area contributed by atoms with Crippen LogP contribution in [0.15, 0.2) is 24.3 Å². The predicted molar refractivity (Wildman–Crippen MR) is 92.4 cm³/mol. The molecule has 1 heterocycles. The topological polar surface area (TPSA) is 52.8 Å². The first-order chi connectivity index (χ1) is 11.2. The smallest absolute Gasteiger partial charge is 0.227 e. The second kappa shape index (κ2) is 6.78. The van der Waals surface area contributed by atoms with Crippen LogP contribution in [0.5, 0.6) is 0 Å². The van der Waals surface area contributed by atoms with Gasteiger partial charge in [0.05, 0.1) is 5.69 Å². The number of anilines is 1. The summed E-state index contributed by atoms with van der Waals surface area (Å²) in [6.45, 7) is 5.80. The third-order valence-electron chi connectivity index (χ3n) is 4.52. The Morgan fingerprint density at radius 3 is 2.48 bits per heavy atom. The zero-order valence-electron chi connectivity index (χ0n) is 13.8. The fourth-order valence-electron chi connectivity index (χ4n) is 3.18. The molecule has 23 heavy (non-hydrogen) atoms. The molecule has 0 spiro atoms. The molecule has 1 aliphatic rings. The minimum atomic E-state index is 0.426. The van der Waals surface area contributed by atoms with E-state index in [1.165, 1.54) is 30.4 Å². The van der Waals surface area contributed by atoms with Gasteiger partial charge in [-0.3, -0.25) is 0 Å². The average Bonchev–Trinajstić information content (AvgIpc) is 2.62. The summed E-state index contributed by atoms with van der Waals surface area (Å²) in [5.74, 6) is 0.641. The molecule has 1 aromatic carbocycles. The van der Waals surface area contributed by atoms with Gasteiger partial charge in [0, 0.05) is 24.7 Å². The number of nitriles is 1. The molecule has 1 aliphatic carbocycles. The van der Waals surface area contributed by atoms with Gasteiger partial charge in [-0.05, 0) is 56.7 Å². The summed E-state index contributed by atoms with van der Waals surface area (Å²) in [7, 11) is 0. The third kappa shape index (κ3) is 3.19. The van der Waals surface area contributed by atoms with Crippen molar-refractivity contribution in [3.05, 3.63) is 41.1 Å². The van der Waals surface area contributed by atoms with E-state index in [1.807, 2.05) is 0 Å². The molecule has 0 saturated carbocycles. The standard InChI is InChI=1S/C19H22N4/c1-3-23(4-2)19-21-17(13-20)12-18(22-19)16-10-9-14-7-5-6-8-15(14)11-16/h9-12H,3-8H2,1-2H3. The highest BCUT2D eigenvalue weighted by Gasteiger charge is 2.14. The van der Waals surface area contributed by atoms with Gasteiger partial charge >= 0.3 is 0 Å². The molecule has 4 nitrogen and oxygen atoms in total. The first-order valence-electron chi connectivity index (χ1n) is 8.41. The van der Waals surface area contributed by atoms with E-state index in [1.54, 1.807) is 6.07 Å². The lowest BCUT2D eigenvalue weighted by molar-refractivity contribution is 0.686. The molecule has 1 aromatic heterocycles. The average molecular weight is 306 g/mol. The van der Waals surface area contributed by atoms with E-state index in [4.69, 9.17) is 4.98 Å². The number of hydrogen-bond donors (Lipinski definition) is 0. The summed E-state index contributed by atoms with van der Waals surface area (Å²) in [6.07, 6.45) is 4.86. The number of fused-ring (bicyclic) bond motifs is 1. The molecule has 4 heteroatoms. The zero-order chi connectivity index (χ0) is 16.2. The maximum Gasteiger partial charge on any atom is 0.227 e. The Labute approximate surface area is 137 Å². The number of aromatic nitrogens is 2. The van der Waals surface area contributed by atoms with Gasteiger partial charge in [-0.15, -0.1) is 0 Å². The first kappa shape index (κ1) is 15.5. The fourth-order valence-corrected chi connectivity index (χ4v) is 3.18. The predicted octanol–water partition coefficient (Wildman–Crippen LogP) is 3.74. The molecule has 2 aromatic rings. The first-order valence-corrected chi connectivity index (χ1v) is 8.41. The molecule has 0 unspecified atom stereocenters. The van der Waals surface area contributed by atoms with Crippen molar-refractivity contribution in [2.45, 2.75) is 39.5 Å². The monoisotopic (exact) mass is 306 g/mol. The van der Waals surface area contributed by atoms with Gasteiger partial charge in [0.2, 0.25) is 5.95 Å². The number of benzene rings is 1. The maximum absolute atomic E-state index is 9.29. The third-order valence-corrected chi connectivity index (χ3v) is 4.52. The minimum absolute atomic E-state index is 0.426. The molecule has 0 radical (unpaired) electrons. The molecule has 0 bridgehead atoms. The SMILES string of the molecule is CCN(CC)c1nc(C#N)cc(-c2ccc3c(c2)CCCC3)n1. The van der Waals surface area contributed by atoms with Crippen LogP contribution in [0.1, 0.15) is 43.5 Å². The molecule has 0 fully saturated rings. The van der Waals surface area contributed by atoms with Crippen LogP contribution in [0.2, 0.25) is 0 Å². The van der Waals surface area contributed by atoms with Gasteiger partial charge in [0.25, 0.3) is 0 Å². The van der Waals surface area contributed by atoms with Crippen LogP contribution in [0.25, 0.3) is 11.3 Å². The Hall–Kier alpha value is -2.41. The molecule has 0 aliphatic heterocycles. The molecule has 0 saturated heterocycles. The summed E-state index contributed by atoms with van der Waals surface area (Å²) in [4.78, 5) is 11.1. The van der Waals surface area contributed by atoms with Gasteiger partial charge < -0.3 is 4.90 Å². The van der Waals surface area contributed by atoms with Crippen molar-refractivity contribution in [3.8, 4) is 17.3 Å². The summed E-state index contributed by atoms with van der Waals surface area (Å²) in [5.41, 5.74) is 5.23. The fraction of sp³-hybridized carbons (Fsp3) is 0.421. The van der Waals surface area contributed by atoms with Gasteiger partial charge in [0.1, 0.15) is 11.8 Å². The van der Waals surface area contributed by atoms with Gasteiger partial charge in [0.15, 0.2) is 0 Å². The van der Waals surface area contributed by atoms with Crippen molar-refractivity contribution in [2.24, 2.45) is 0 Å². The summed E-state index contributed by atoms with van der Waals surface area (Å²) >= 11 is 0. The van der Waals surface area contributed by atoms with Crippen LogP contribution in [0.3, 0.4) is 0 Å². The molecule has 118 valence electrons. The Bertz CT molecular complexity index is 742. The van der Waals surface area contributed by atoms with Crippen LogP contribution in [-0.4, -0.2) is 23.1 Å². The largest absolute Gasteiger partial charge is 0.341 e. The van der Waals surface area contributed by atoms with E-state index in [-0.39, 0.29) is 0 Å². The number of hydrogen-bond acceptors (Lipinski definition) is 4. The van der Waals surface area contributed by atoms with Crippen molar-refractivity contribution < 1.29 is 0 Å². The molecule has 3 rings (SSSR count). The highest BCUT2D eigenvalue weighted by molar-refractivity contribution is 5.64. The lowest BCUT2D eigenvalue weighted by atomic mass is 9.90. The quantitative estimate of drug-likeness (QED) is 0.863. The maximum atomic E-state index is 9.29. The second-order valence-corrected chi connectivity index (χ2v) is 5.91. The van der Waals surface area contributed by atoms with E-state index in [0.717, 1.165) is 30.8 Å². The van der Waals surface area contributed by atoms with E-state index in [2.05, 4.69) is 48.0 Å². The van der Waals surface area contributed by atoms with Crippen molar-refractivity contribution in [1.29, 1.82) is 5.26 Å². The Balaban J connectivity index is 2.05. The lowest BCUT2D eigenvalue weighted by Gasteiger charge is -2.20. The normalized spacial score (nSPS) is 13.3. The zero-order valence-corrected chi connectivity index (χ0v) is 13.8. The molecule has 0 atom stereocenters. The van der Waals surface area contributed by atoms with Crippen molar-refractivity contribution in [3.63, 3.8) is 0 Å². The van der Waals surface area contributed by atoms with E-state index >= 15 is 0 Å². The van der Waals surface area contributed by atoms with Gasteiger partial charge in [-0.1, -0.05) is 12.1 Å². The van der Waals surface area contributed by atoms with E-state index in [0.29, 0.717) is 11.6 Å². The van der Waals surface area contributed by atoms with Crippen molar-refractivity contribution in [1.82, 2.24) is 9.97 Å². The highest BCUT2D eigenvalue weighted by Crippen LogP contribution is 2.27. The Morgan fingerprint density at radius 1 is 1.04 bits per heavy atom. The molecular formula is C19H22N4. The van der Waals surface area contributed by atoms with E-state index in [9.17, 15) is 5.26 Å². The van der Waals surface area contributed by atoms with Crippen LogP contribution >= 0.6 is 0 Å². The Morgan fingerprint density at radius 2 is 1.78 bits per heavy atom. The van der Waals surface area contributed by atoms with Crippen LogP contribution in [-0.2, 0) is 12.8 Å². The minimum Gasteiger partial charge on any atom is -0.341 e. The number of aryl methyl sites for hydroxylation is 2. The highest BCUT2D eigenvalue weighted by atomic mass is 15.2. The summed E-state index contributed by atoms with van der Waals surface area (Å²) in [6, 6.07) is 10.5. The summed E-state index contributed by atoms with van der Waals surface area (Å²) < 4.78 is 0. The van der Waals surface area contributed by atoms with Crippen LogP contribution in [0, 0.1) is 11.3 Å². The van der Waals surface area contributed by atoms with Crippen molar-refractivity contribution in [2.75, 3.05) is 18.0 Å². The second-order valence-electron chi connectivity index (χ2n) is 5.91. The van der Waals surface area contributed by atoms with E-state index < -0.39 is 0 Å². The molecule has 0 amide bonds. The van der Waals surface area contributed by atoms with Crippen molar-refractivity contribution >= 4 is 5.95 Å². The molecule has 0 N–H and O–H groups in total. The summed E-state index contributed by atoms with van der Waals surface area (Å²) in [5, 5.41) is 9.29. The number of rotatable bonds is 4. The van der Waals surface area contributed by atoms with Crippen LogP contribution < -0.4 is 4.90 Å². The molecular weight excluding hydrogens is 284 g/mol. The Kier molecular flexibility index (Phi) is 4.57. The van der Waals surface area contributed by atoms with Gasteiger partial charge in [-0.25, -0.2) is 9.97 Å².